The van der Waals surface area contributed by atoms with Crippen molar-refractivity contribution in [3.8, 4) is 0 Å². The van der Waals surface area contributed by atoms with Crippen molar-refractivity contribution in [1.82, 2.24) is 10.5 Å². The first kappa shape index (κ1) is 18.1. The summed E-state index contributed by atoms with van der Waals surface area (Å²) < 4.78 is 17.8. The van der Waals surface area contributed by atoms with Gasteiger partial charge in [-0.3, -0.25) is 13.8 Å². The second-order valence-corrected chi connectivity index (χ2v) is 7.83. The first-order chi connectivity index (χ1) is 13.6. The molecule has 0 radical (unpaired) electrons. The van der Waals surface area contributed by atoms with Crippen LogP contribution in [0.3, 0.4) is 0 Å². The number of para-hydroxylation sites is 1. The van der Waals surface area contributed by atoms with Gasteiger partial charge in [0.2, 0.25) is 5.91 Å². The minimum Gasteiger partial charge on any atom is -0.360 e. The van der Waals surface area contributed by atoms with E-state index in [4.69, 9.17) is 4.52 Å². The number of anilines is 1. The van der Waals surface area contributed by atoms with E-state index in [0.717, 1.165) is 5.56 Å². The third-order valence-corrected chi connectivity index (χ3v) is 5.83. The number of carbonyl (C=O) groups excluding carboxylic acids is 2. The summed E-state index contributed by atoms with van der Waals surface area (Å²) in [5.74, 6) is -0.438. The van der Waals surface area contributed by atoms with Crippen LogP contribution >= 0.6 is 0 Å². The third-order valence-electron chi connectivity index (χ3n) is 4.34. The van der Waals surface area contributed by atoms with Crippen LogP contribution in [0, 0.1) is 0 Å². The number of benzene rings is 2. The maximum atomic E-state index is 12.5. The van der Waals surface area contributed by atoms with Gasteiger partial charge in [0.1, 0.15) is 11.8 Å². The summed E-state index contributed by atoms with van der Waals surface area (Å²) in [6.45, 7) is 0. The Morgan fingerprint density at radius 1 is 1.18 bits per heavy atom. The standard InChI is InChI=1S/C20H17N3O4S/c24-19(16-11-14(27-23-16)10-13-6-2-1-3-7-13)22-17-12-28(26)18-9-5-4-8-15(18)21-20(17)25/h1-9,11,17H,10,12H2,(H,21,25)(H,22,24)/t17-,28?/m0/s1. The van der Waals surface area contributed by atoms with Crippen molar-refractivity contribution in [2.45, 2.75) is 17.4 Å². The largest absolute Gasteiger partial charge is 0.360 e. The van der Waals surface area contributed by atoms with Crippen molar-refractivity contribution < 1.29 is 18.3 Å². The normalized spacial score (nSPS) is 18.6. The Bertz CT molecular complexity index is 1050. The molecule has 1 aliphatic rings. The molecular weight excluding hydrogens is 378 g/mol. The first-order valence-corrected chi connectivity index (χ1v) is 10.0. The number of carbonyl (C=O) groups is 2. The van der Waals surface area contributed by atoms with Crippen LogP contribution < -0.4 is 10.6 Å². The van der Waals surface area contributed by atoms with Gasteiger partial charge in [-0.15, -0.1) is 0 Å². The van der Waals surface area contributed by atoms with Crippen LogP contribution in [0.25, 0.3) is 0 Å². The van der Waals surface area contributed by atoms with E-state index in [1.54, 1.807) is 30.3 Å². The predicted molar refractivity (Wildman–Crippen MR) is 103 cm³/mol. The van der Waals surface area contributed by atoms with Crippen molar-refractivity contribution in [2.24, 2.45) is 0 Å². The van der Waals surface area contributed by atoms with Gasteiger partial charge in [-0.1, -0.05) is 47.6 Å². The number of amides is 2. The van der Waals surface area contributed by atoms with Crippen LogP contribution in [-0.2, 0) is 22.0 Å². The highest BCUT2D eigenvalue weighted by Crippen LogP contribution is 2.23. The Hall–Kier alpha value is -3.26. The first-order valence-electron chi connectivity index (χ1n) is 8.69. The van der Waals surface area contributed by atoms with E-state index in [-0.39, 0.29) is 11.4 Å². The highest BCUT2D eigenvalue weighted by Gasteiger charge is 2.30. The maximum Gasteiger partial charge on any atom is 0.274 e. The fourth-order valence-corrected chi connectivity index (χ4v) is 4.26. The molecule has 8 heteroatoms. The van der Waals surface area contributed by atoms with E-state index in [0.29, 0.717) is 22.8 Å². The zero-order valence-corrected chi connectivity index (χ0v) is 15.6. The summed E-state index contributed by atoms with van der Waals surface area (Å²) in [6, 6.07) is 17.2. The quantitative estimate of drug-likeness (QED) is 0.705. The summed E-state index contributed by atoms with van der Waals surface area (Å²) in [5.41, 5.74) is 1.60. The lowest BCUT2D eigenvalue weighted by Gasteiger charge is -2.13. The molecule has 3 aromatic rings. The van der Waals surface area contributed by atoms with Gasteiger partial charge in [-0.25, -0.2) is 0 Å². The smallest absolute Gasteiger partial charge is 0.274 e. The fraction of sp³-hybridized carbons (Fsp3) is 0.150. The molecule has 2 atom stereocenters. The Morgan fingerprint density at radius 3 is 2.75 bits per heavy atom. The molecule has 2 aromatic carbocycles. The number of nitrogens with zero attached hydrogens (tertiary/aromatic N) is 1. The molecule has 7 nitrogen and oxygen atoms in total. The molecule has 0 aliphatic carbocycles. The van der Waals surface area contributed by atoms with Gasteiger partial charge in [-0.2, -0.15) is 0 Å². The number of hydrogen-bond acceptors (Lipinski definition) is 5. The molecule has 0 fully saturated rings. The number of hydrogen-bond donors (Lipinski definition) is 2. The number of rotatable bonds is 4. The fourth-order valence-electron chi connectivity index (χ4n) is 2.94. The van der Waals surface area contributed by atoms with Crippen molar-refractivity contribution in [2.75, 3.05) is 11.1 Å². The van der Waals surface area contributed by atoms with Gasteiger partial charge < -0.3 is 15.2 Å². The third kappa shape index (κ3) is 3.86. The Balaban J connectivity index is 1.45. The average molecular weight is 395 g/mol. The molecule has 2 N–H and O–H groups in total. The minimum atomic E-state index is -1.42. The zero-order valence-electron chi connectivity index (χ0n) is 14.8. The second kappa shape index (κ2) is 7.77. The maximum absolute atomic E-state index is 12.5. The van der Waals surface area contributed by atoms with E-state index in [1.807, 2.05) is 30.3 Å². The Morgan fingerprint density at radius 2 is 1.93 bits per heavy atom. The van der Waals surface area contributed by atoms with Gasteiger partial charge in [0.05, 0.1) is 27.1 Å². The summed E-state index contributed by atoms with van der Waals surface area (Å²) in [5, 5.41) is 9.10. The molecule has 1 unspecified atom stereocenters. The van der Waals surface area contributed by atoms with Crippen molar-refractivity contribution in [3.05, 3.63) is 77.7 Å². The highest BCUT2D eigenvalue weighted by atomic mass is 32.2. The van der Waals surface area contributed by atoms with Gasteiger partial charge in [0.15, 0.2) is 5.69 Å². The molecule has 1 aromatic heterocycles. The van der Waals surface area contributed by atoms with Gasteiger partial charge in [0, 0.05) is 12.5 Å². The van der Waals surface area contributed by atoms with Crippen LogP contribution in [0.2, 0.25) is 0 Å². The summed E-state index contributed by atoms with van der Waals surface area (Å²) in [7, 11) is -1.42. The van der Waals surface area contributed by atoms with Crippen molar-refractivity contribution >= 4 is 28.3 Å². The van der Waals surface area contributed by atoms with Gasteiger partial charge in [-0.05, 0) is 17.7 Å². The molecule has 1 aliphatic heterocycles. The lowest BCUT2D eigenvalue weighted by Crippen LogP contribution is -2.46. The van der Waals surface area contributed by atoms with Gasteiger partial charge in [0.25, 0.3) is 5.91 Å². The van der Waals surface area contributed by atoms with E-state index < -0.39 is 28.7 Å². The van der Waals surface area contributed by atoms with Gasteiger partial charge >= 0.3 is 0 Å². The van der Waals surface area contributed by atoms with Crippen LogP contribution in [-0.4, -0.2) is 33.0 Å². The molecule has 0 spiro atoms. The number of aromatic nitrogens is 1. The molecule has 0 bridgehead atoms. The average Bonchev–Trinajstić information content (AvgIpc) is 3.12. The molecule has 142 valence electrons. The SMILES string of the molecule is O=C(N[C@H]1CS(=O)c2ccccc2NC1=O)c1cc(Cc2ccccc2)on1. The second-order valence-electron chi connectivity index (χ2n) is 6.36. The summed E-state index contributed by atoms with van der Waals surface area (Å²) >= 11 is 0. The predicted octanol–water partition coefficient (Wildman–Crippen LogP) is 2.12. The van der Waals surface area contributed by atoms with Crippen LogP contribution in [0.4, 0.5) is 5.69 Å². The zero-order chi connectivity index (χ0) is 19.5. The van der Waals surface area contributed by atoms with E-state index >= 15 is 0 Å². The number of fused-ring (bicyclic) bond motifs is 1. The van der Waals surface area contributed by atoms with E-state index in [2.05, 4.69) is 15.8 Å². The molecule has 0 saturated heterocycles. The minimum absolute atomic E-state index is 0.0106. The van der Waals surface area contributed by atoms with Crippen LogP contribution in [0.1, 0.15) is 21.8 Å². The summed E-state index contributed by atoms with van der Waals surface area (Å²) in [6.07, 6.45) is 0.504. The highest BCUT2D eigenvalue weighted by molar-refractivity contribution is 7.85. The van der Waals surface area contributed by atoms with E-state index in [9.17, 15) is 13.8 Å². The molecule has 4 rings (SSSR count). The Kier molecular flexibility index (Phi) is 5.03. The van der Waals surface area contributed by atoms with Crippen LogP contribution in [0.15, 0.2) is 70.1 Å². The van der Waals surface area contributed by atoms with Crippen molar-refractivity contribution in [1.29, 1.82) is 0 Å². The topological polar surface area (TPSA) is 101 Å². The molecule has 2 heterocycles. The Labute approximate surface area is 163 Å². The lowest BCUT2D eigenvalue weighted by atomic mass is 10.1. The molecule has 28 heavy (non-hydrogen) atoms. The number of nitrogens with one attached hydrogen (secondary N) is 2. The van der Waals surface area contributed by atoms with Crippen LogP contribution in [0.5, 0.6) is 0 Å². The molecule has 0 saturated carbocycles. The molecular formula is C20H17N3O4S. The van der Waals surface area contributed by atoms with E-state index in [1.165, 1.54) is 0 Å². The molecule has 2 amide bonds. The lowest BCUT2D eigenvalue weighted by molar-refractivity contribution is -0.117. The summed E-state index contributed by atoms with van der Waals surface area (Å²) in [4.78, 5) is 25.5. The monoisotopic (exact) mass is 395 g/mol. The van der Waals surface area contributed by atoms with Crippen molar-refractivity contribution in [3.63, 3.8) is 0 Å².